The van der Waals surface area contributed by atoms with Crippen molar-refractivity contribution in [2.24, 2.45) is 0 Å². The summed E-state index contributed by atoms with van der Waals surface area (Å²) in [5.74, 6) is -1.27. The lowest BCUT2D eigenvalue weighted by Gasteiger charge is -2.23. The largest absolute Gasteiger partial charge is 0.398 e. The molecule has 0 aliphatic rings. The molecule has 21 heavy (non-hydrogen) atoms. The molecule has 0 heterocycles. The minimum Gasteiger partial charge on any atom is -0.398 e. The van der Waals surface area contributed by atoms with Gasteiger partial charge in [0.25, 0.3) is 10.0 Å². The second-order valence-corrected chi connectivity index (χ2v) is 6.16. The van der Waals surface area contributed by atoms with Crippen molar-refractivity contribution in [1.82, 2.24) is 0 Å². The molecule has 112 valence electrons. The monoisotopic (exact) mass is 312 g/mol. The molecule has 0 saturated heterocycles. The maximum absolute atomic E-state index is 13.3. The Morgan fingerprint density at radius 3 is 2.38 bits per heavy atom. The number of rotatable bonds is 4. The molecule has 0 atom stereocenters. The van der Waals surface area contributed by atoms with Gasteiger partial charge in [-0.05, 0) is 43.3 Å². The van der Waals surface area contributed by atoms with Gasteiger partial charge in [-0.15, -0.1) is 0 Å². The molecular formula is C14H14F2N2O2S. The van der Waals surface area contributed by atoms with Crippen LogP contribution in [0.15, 0.2) is 47.4 Å². The van der Waals surface area contributed by atoms with Crippen molar-refractivity contribution >= 4 is 21.4 Å². The van der Waals surface area contributed by atoms with Crippen LogP contribution in [0.5, 0.6) is 0 Å². The van der Waals surface area contributed by atoms with E-state index < -0.39 is 21.7 Å². The van der Waals surface area contributed by atoms with Crippen LogP contribution >= 0.6 is 0 Å². The van der Waals surface area contributed by atoms with Gasteiger partial charge in [0.1, 0.15) is 16.5 Å². The van der Waals surface area contributed by atoms with Gasteiger partial charge in [-0.25, -0.2) is 17.2 Å². The zero-order valence-corrected chi connectivity index (χ0v) is 12.1. The fourth-order valence-electron chi connectivity index (χ4n) is 1.97. The summed E-state index contributed by atoms with van der Waals surface area (Å²) >= 11 is 0. The van der Waals surface area contributed by atoms with Crippen molar-refractivity contribution in [3.63, 3.8) is 0 Å². The number of anilines is 2. The molecule has 2 aromatic carbocycles. The van der Waals surface area contributed by atoms with Gasteiger partial charge in [0, 0.05) is 6.54 Å². The molecule has 4 nitrogen and oxygen atoms in total. The fraction of sp³-hybridized carbons (Fsp3) is 0.143. The molecule has 0 spiro atoms. The van der Waals surface area contributed by atoms with E-state index in [4.69, 9.17) is 5.73 Å². The average molecular weight is 312 g/mol. The van der Waals surface area contributed by atoms with E-state index in [0.717, 1.165) is 22.5 Å². The van der Waals surface area contributed by atoms with E-state index in [-0.39, 0.29) is 22.8 Å². The molecule has 0 aliphatic carbocycles. The molecule has 0 amide bonds. The van der Waals surface area contributed by atoms with Crippen molar-refractivity contribution in [1.29, 1.82) is 0 Å². The highest BCUT2D eigenvalue weighted by atomic mass is 32.2. The lowest BCUT2D eigenvalue weighted by atomic mass is 10.3. The van der Waals surface area contributed by atoms with Crippen LogP contribution < -0.4 is 10.0 Å². The number of hydrogen-bond donors (Lipinski definition) is 1. The summed E-state index contributed by atoms with van der Waals surface area (Å²) in [6.45, 7) is 1.65. The topological polar surface area (TPSA) is 63.4 Å². The maximum atomic E-state index is 13.3. The quantitative estimate of drug-likeness (QED) is 0.883. The van der Waals surface area contributed by atoms with E-state index in [2.05, 4.69) is 0 Å². The highest BCUT2D eigenvalue weighted by molar-refractivity contribution is 7.93. The summed E-state index contributed by atoms with van der Waals surface area (Å²) in [7, 11) is -4.07. The molecule has 0 aliphatic heterocycles. The first-order chi connectivity index (χ1) is 9.86. The van der Waals surface area contributed by atoms with Crippen LogP contribution in [0.1, 0.15) is 6.92 Å². The normalized spacial score (nSPS) is 11.4. The summed E-state index contributed by atoms with van der Waals surface area (Å²) in [5.41, 5.74) is 5.72. The Hall–Kier alpha value is -2.15. The number of hydrogen-bond acceptors (Lipinski definition) is 3. The van der Waals surface area contributed by atoms with Gasteiger partial charge >= 0.3 is 0 Å². The van der Waals surface area contributed by atoms with Crippen molar-refractivity contribution in [3.05, 3.63) is 54.1 Å². The van der Waals surface area contributed by atoms with Crippen molar-refractivity contribution in [2.45, 2.75) is 11.8 Å². The van der Waals surface area contributed by atoms with E-state index in [9.17, 15) is 17.2 Å². The molecule has 7 heteroatoms. The average Bonchev–Trinajstić information content (AvgIpc) is 2.42. The molecule has 2 aromatic rings. The number of nitrogens with zero attached hydrogens (tertiary/aromatic N) is 1. The zero-order chi connectivity index (χ0) is 15.6. The first kappa shape index (κ1) is 15.2. The number of benzene rings is 2. The Bertz CT molecular complexity index is 763. The smallest absolute Gasteiger partial charge is 0.266 e. The summed E-state index contributed by atoms with van der Waals surface area (Å²) in [5, 5.41) is 0. The van der Waals surface area contributed by atoms with Crippen LogP contribution in [-0.4, -0.2) is 15.0 Å². The van der Waals surface area contributed by atoms with E-state index in [1.54, 1.807) is 6.92 Å². The van der Waals surface area contributed by atoms with Crippen LogP contribution in [0.4, 0.5) is 20.2 Å². The molecular weight excluding hydrogens is 298 g/mol. The van der Waals surface area contributed by atoms with Gasteiger partial charge < -0.3 is 5.73 Å². The van der Waals surface area contributed by atoms with Crippen LogP contribution in [0.2, 0.25) is 0 Å². The minimum atomic E-state index is -4.07. The van der Waals surface area contributed by atoms with E-state index >= 15 is 0 Å². The number of halogens is 2. The van der Waals surface area contributed by atoms with Crippen LogP contribution in [0.25, 0.3) is 0 Å². The Morgan fingerprint density at radius 1 is 1.10 bits per heavy atom. The van der Waals surface area contributed by atoms with E-state index in [1.807, 2.05) is 0 Å². The summed E-state index contributed by atoms with van der Waals surface area (Å²) in [4.78, 5) is -0.339. The first-order valence-electron chi connectivity index (χ1n) is 6.19. The van der Waals surface area contributed by atoms with E-state index in [1.165, 1.54) is 24.3 Å². The highest BCUT2D eigenvalue weighted by Gasteiger charge is 2.26. The van der Waals surface area contributed by atoms with Crippen molar-refractivity contribution < 1.29 is 17.2 Å². The highest BCUT2D eigenvalue weighted by Crippen LogP contribution is 2.27. The minimum absolute atomic E-state index is 0.0573. The second kappa shape index (κ2) is 5.69. The maximum Gasteiger partial charge on any atom is 0.266 e. The van der Waals surface area contributed by atoms with Crippen LogP contribution in [0.3, 0.4) is 0 Å². The molecule has 0 saturated carbocycles. The summed E-state index contributed by atoms with van der Waals surface area (Å²) in [6, 6.07) is 8.27. The van der Waals surface area contributed by atoms with Crippen LogP contribution in [0, 0.1) is 11.6 Å². The predicted molar refractivity (Wildman–Crippen MR) is 77.4 cm³/mol. The number of nitrogen functional groups attached to an aromatic ring is 1. The molecule has 0 fully saturated rings. The predicted octanol–water partition coefficient (Wildman–Crippen LogP) is 2.76. The molecule has 0 bridgehead atoms. The van der Waals surface area contributed by atoms with Gasteiger partial charge in [-0.1, -0.05) is 6.07 Å². The van der Waals surface area contributed by atoms with Crippen molar-refractivity contribution in [2.75, 3.05) is 16.6 Å². The fourth-order valence-corrected chi connectivity index (χ4v) is 3.57. The van der Waals surface area contributed by atoms with Crippen LogP contribution in [-0.2, 0) is 10.0 Å². The van der Waals surface area contributed by atoms with Gasteiger partial charge in [0.2, 0.25) is 0 Å². The zero-order valence-electron chi connectivity index (χ0n) is 11.3. The Morgan fingerprint density at radius 2 is 1.76 bits per heavy atom. The van der Waals surface area contributed by atoms with Gasteiger partial charge in [0.05, 0.1) is 11.4 Å². The third-order valence-electron chi connectivity index (χ3n) is 2.93. The molecule has 2 rings (SSSR count). The first-order valence-corrected chi connectivity index (χ1v) is 7.63. The standard InChI is InChI=1S/C14H14F2N2O2S/c1-2-18(12-5-3-4-10(15)8-12)21(19,20)14-9-11(16)6-7-13(14)17/h3-9H,2,17H2,1H3. The Kier molecular flexibility index (Phi) is 4.13. The summed E-state index contributed by atoms with van der Waals surface area (Å²) in [6.07, 6.45) is 0. The number of sulfonamides is 1. The van der Waals surface area contributed by atoms with Gasteiger partial charge in [-0.3, -0.25) is 4.31 Å². The lowest BCUT2D eigenvalue weighted by molar-refractivity contribution is 0.587. The molecule has 0 unspecified atom stereocenters. The molecule has 2 N–H and O–H groups in total. The number of nitrogens with two attached hydrogens (primary N) is 1. The SMILES string of the molecule is CCN(c1cccc(F)c1)S(=O)(=O)c1cc(F)ccc1N. The Balaban J connectivity index is 2.57. The third-order valence-corrected chi connectivity index (χ3v) is 4.89. The van der Waals surface area contributed by atoms with Gasteiger partial charge in [-0.2, -0.15) is 0 Å². The molecule has 0 radical (unpaired) electrons. The van der Waals surface area contributed by atoms with Gasteiger partial charge in [0.15, 0.2) is 0 Å². The summed E-state index contributed by atoms with van der Waals surface area (Å²) < 4.78 is 52.8. The molecule has 0 aromatic heterocycles. The van der Waals surface area contributed by atoms with Crippen molar-refractivity contribution in [3.8, 4) is 0 Å². The third kappa shape index (κ3) is 2.97. The lowest BCUT2D eigenvalue weighted by Crippen LogP contribution is -2.31. The second-order valence-electron chi connectivity index (χ2n) is 4.33. The van der Waals surface area contributed by atoms with E-state index in [0.29, 0.717) is 0 Å². The Labute approximate surface area is 121 Å².